The molecule has 4 nitrogen and oxygen atoms in total. The molecule has 0 aliphatic carbocycles. The topological polar surface area (TPSA) is 79.3 Å². The zero-order valence-electron chi connectivity index (χ0n) is 7.49. The van der Waals surface area contributed by atoms with Crippen molar-refractivity contribution in [2.24, 2.45) is 5.73 Å². The van der Waals surface area contributed by atoms with E-state index >= 15 is 0 Å². The van der Waals surface area contributed by atoms with Crippen molar-refractivity contribution in [3.8, 4) is 17.6 Å². The Morgan fingerprint density at radius 2 is 2.29 bits per heavy atom. The molecule has 3 N–H and O–H groups in total. The molecule has 0 aromatic heterocycles. The highest BCUT2D eigenvalue weighted by Crippen LogP contribution is 2.35. The van der Waals surface area contributed by atoms with Gasteiger partial charge < -0.3 is 15.6 Å². The Kier molecular flexibility index (Phi) is 3.33. The number of nitrogens with zero attached hydrogens (tertiary/aromatic N) is 1. The number of aromatic hydroxyl groups is 1. The van der Waals surface area contributed by atoms with Gasteiger partial charge in [-0.25, -0.2) is 0 Å². The maximum atomic E-state index is 9.64. The largest absolute Gasteiger partial charge is 0.504 e. The number of ether oxygens (including phenoxy) is 1. The Hall–Kier alpha value is -1.25. The van der Waals surface area contributed by atoms with Crippen molar-refractivity contribution >= 4 is 15.9 Å². The number of nitriles is 1. The highest BCUT2D eigenvalue weighted by Gasteiger charge is 2.15. The molecular weight excluding hydrogens is 248 g/mol. The van der Waals surface area contributed by atoms with Crippen molar-refractivity contribution in [2.75, 3.05) is 7.11 Å². The number of nitrogens with two attached hydrogens (primary N) is 1. The highest BCUT2D eigenvalue weighted by molar-refractivity contribution is 9.10. The Morgan fingerprint density at radius 3 is 2.79 bits per heavy atom. The smallest absolute Gasteiger partial charge is 0.163 e. The van der Waals surface area contributed by atoms with Crippen LogP contribution in [0.1, 0.15) is 11.6 Å². The normalized spacial score (nSPS) is 11.9. The summed E-state index contributed by atoms with van der Waals surface area (Å²) in [5.41, 5.74) is 5.84. The zero-order valence-corrected chi connectivity index (χ0v) is 9.08. The maximum absolute atomic E-state index is 9.64. The van der Waals surface area contributed by atoms with Crippen LogP contribution >= 0.6 is 15.9 Å². The van der Waals surface area contributed by atoms with E-state index in [2.05, 4.69) is 15.9 Å². The standard InChI is InChI=1S/C9H9BrN2O2/c1-14-8-3-5(10)2-6(9(8)13)7(12)4-11/h2-3,7,13H,12H2,1H3/t7-/m1/s1. The lowest BCUT2D eigenvalue weighted by Gasteiger charge is -2.10. The first-order valence-electron chi connectivity index (χ1n) is 3.81. The van der Waals surface area contributed by atoms with Crippen LogP contribution in [0, 0.1) is 11.3 Å². The molecule has 0 fully saturated rings. The molecule has 0 heterocycles. The second kappa shape index (κ2) is 4.31. The third-order valence-electron chi connectivity index (χ3n) is 1.76. The van der Waals surface area contributed by atoms with Gasteiger partial charge in [-0.1, -0.05) is 15.9 Å². The summed E-state index contributed by atoms with van der Waals surface area (Å²) < 4.78 is 5.62. The van der Waals surface area contributed by atoms with E-state index in [-0.39, 0.29) is 5.75 Å². The molecule has 0 aliphatic rings. The van der Waals surface area contributed by atoms with Crippen LogP contribution in [0.25, 0.3) is 0 Å². The Labute approximate surface area is 90.0 Å². The van der Waals surface area contributed by atoms with E-state index < -0.39 is 6.04 Å². The third-order valence-corrected chi connectivity index (χ3v) is 2.22. The predicted octanol–water partition coefficient (Wildman–Crippen LogP) is 1.69. The molecule has 0 unspecified atom stereocenters. The Balaban J connectivity index is 3.30. The van der Waals surface area contributed by atoms with E-state index in [1.807, 2.05) is 6.07 Å². The number of phenolic OH excluding ortho intramolecular Hbond substituents is 1. The first kappa shape index (κ1) is 10.8. The molecule has 14 heavy (non-hydrogen) atoms. The van der Waals surface area contributed by atoms with E-state index in [0.717, 1.165) is 0 Å². The molecule has 0 radical (unpaired) electrons. The lowest BCUT2D eigenvalue weighted by Crippen LogP contribution is -2.07. The third kappa shape index (κ3) is 1.97. The summed E-state index contributed by atoms with van der Waals surface area (Å²) in [5, 5.41) is 18.3. The lowest BCUT2D eigenvalue weighted by atomic mass is 10.1. The molecule has 1 rings (SSSR count). The average molecular weight is 257 g/mol. The van der Waals surface area contributed by atoms with Crippen molar-refractivity contribution in [1.82, 2.24) is 0 Å². The predicted molar refractivity (Wildman–Crippen MR) is 54.9 cm³/mol. The molecule has 1 aromatic rings. The van der Waals surface area contributed by atoms with Gasteiger partial charge in [-0.2, -0.15) is 5.26 Å². The molecule has 1 aromatic carbocycles. The SMILES string of the molecule is COc1cc(Br)cc([C@H](N)C#N)c1O. The molecule has 74 valence electrons. The first-order valence-corrected chi connectivity index (χ1v) is 4.61. The molecule has 1 atom stereocenters. The number of methoxy groups -OCH3 is 1. The van der Waals surface area contributed by atoms with Gasteiger partial charge >= 0.3 is 0 Å². The van der Waals surface area contributed by atoms with Crippen LogP contribution in [0.5, 0.6) is 11.5 Å². The van der Waals surface area contributed by atoms with Gasteiger partial charge in [0.05, 0.1) is 13.2 Å². The Morgan fingerprint density at radius 1 is 1.64 bits per heavy atom. The number of rotatable bonds is 2. The molecule has 0 saturated heterocycles. The lowest BCUT2D eigenvalue weighted by molar-refractivity contribution is 0.369. The minimum absolute atomic E-state index is 0.0928. The van der Waals surface area contributed by atoms with E-state index in [1.165, 1.54) is 7.11 Å². The number of halogens is 1. The Bertz CT molecular complexity index is 387. The van der Waals surface area contributed by atoms with Crippen LogP contribution in [-0.4, -0.2) is 12.2 Å². The molecular formula is C9H9BrN2O2. The van der Waals surface area contributed by atoms with Gasteiger partial charge in [0.15, 0.2) is 11.5 Å². The molecule has 0 aliphatic heterocycles. The van der Waals surface area contributed by atoms with E-state index in [0.29, 0.717) is 15.8 Å². The van der Waals surface area contributed by atoms with Gasteiger partial charge in [0.2, 0.25) is 0 Å². The van der Waals surface area contributed by atoms with Crippen molar-refractivity contribution in [2.45, 2.75) is 6.04 Å². The summed E-state index contributed by atoms with van der Waals surface area (Å²) in [6.07, 6.45) is 0. The van der Waals surface area contributed by atoms with Crippen LogP contribution in [0.4, 0.5) is 0 Å². The number of benzene rings is 1. The van der Waals surface area contributed by atoms with Crippen LogP contribution in [0.15, 0.2) is 16.6 Å². The minimum Gasteiger partial charge on any atom is -0.504 e. The summed E-state index contributed by atoms with van der Waals surface area (Å²) >= 11 is 3.23. The number of hydrogen-bond donors (Lipinski definition) is 2. The van der Waals surface area contributed by atoms with Crippen molar-refractivity contribution in [3.05, 3.63) is 22.2 Å². The van der Waals surface area contributed by atoms with Crippen LogP contribution in [0.2, 0.25) is 0 Å². The minimum atomic E-state index is -0.860. The summed E-state index contributed by atoms with van der Waals surface area (Å²) in [7, 11) is 1.43. The van der Waals surface area contributed by atoms with Gasteiger partial charge in [-0.05, 0) is 12.1 Å². The molecule has 0 amide bonds. The van der Waals surface area contributed by atoms with Crippen LogP contribution in [0.3, 0.4) is 0 Å². The number of hydrogen-bond acceptors (Lipinski definition) is 4. The second-order valence-corrected chi connectivity index (χ2v) is 3.57. The summed E-state index contributed by atoms with van der Waals surface area (Å²) in [6.45, 7) is 0. The summed E-state index contributed by atoms with van der Waals surface area (Å²) in [5.74, 6) is 0.199. The van der Waals surface area contributed by atoms with Gasteiger partial charge in [0.25, 0.3) is 0 Å². The monoisotopic (exact) mass is 256 g/mol. The molecule has 0 saturated carbocycles. The van der Waals surface area contributed by atoms with Crippen LogP contribution < -0.4 is 10.5 Å². The van der Waals surface area contributed by atoms with Gasteiger partial charge in [-0.15, -0.1) is 0 Å². The molecule has 0 spiro atoms. The summed E-state index contributed by atoms with van der Waals surface area (Å²) in [6, 6.07) is 4.17. The molecule has 0 bridgehead atoms. The summed E-state index contributed by atoms with van der Waals surface area (Å²) in [4.78, 5) is 0. The van der Waals surface area contributed by atoms with Crippen LogP contribution in [-0.2, 0) is 0 Å². The fourth-order valence-electron chi connectivity index (χ4n) is 1.06. The van der Waals surface area contributed by atoms with E-state index in [4.69, 9.17) is 15.7 Å². The van der Waals surface area contributed by atoms with Crippen molar-refractivity contribution in [1.29, 1.82) is 5.26 Å². The van der Waals surface area contributed by atoms with Gasteiger partial charge in [0.1, 0.15) is 6.04 Å². The van der Waals surface area contributed by atoms with Gasteiger partial charge in [-0.3, -0.25) is 0 Å². The van der Waals surface area contributed by atoms with Gasteiger partial charge in [0, 0.05) is 10.0 Å². The van der Waals surface area contributed by atoms with Crippen molar-refractivity contribution in [3.63, 3.8) is 0 Å². The van der Waals surface area contributed by atoms with E-state index in [1.54, 1.807) is 12.1 Å². The molecule has 5 heteroatoms. The van der Waals surface area contributed by atoms with E-state index in [9.17, 15) is 5.11 Å². The quantitative estimate of drug-likeness (QED) is 0.844. The van der Waals surface area contributed by atoms with Crippen molar-refractivity contribution < 1.29 is 9.84 Å². The fourth-order valence-corrected chi connectivity index (χ4v) is 1.51. The maximum Gasteiger partial charge on any atom is 0.163 e. The number of phenols is 1. The second-order valence-electron chi connectivity index (χ2n) is 2.65. The fraction of sp³-hybridized carbons (Fsp3) is 0.222. The first-order chi connectivity index (χ1) is 6.60. The average Bonchev–Trinajstić information content (AvgIpc) is 2.19. The highest BCUT2D eigenvalue weighted by atomic mass is 79.9. The zero-order chi connectivity index (χ0) is 10.7.